The van der Waals surface area contributed by atoms with Gasteiger partial charge in [-0.2, -0.15) is 0 Å². The highest BCUT2D eigenvalue weighted by Gasteiger charge is 1.90. The van der Waals surface area contributed by atoms with Crippen molar-refractivity contribution in [3.63, 3.8) is 0 Å². The monoisotopic (exact) mass is 191 g/mol. The van der Waals surface area contributed by atoms with Crippen LogP contribution in [0, 0.1) is 0 Å². The van der Waals surface area contributed by atoms with Crippen molar-refractivity contribution in [1.82, 2.24) is 0 Å². The maximum atomic E-state index is 3.53. The van der Waals surface area contributed by atoms with E-state index in [-0.39, 0.29) is 0 Å². The van der Waals surface area contributed by atoms with Crippen LogP contribution >= 0.6 is 11.9 Å². The van der Waals surface area contributed by atoms with Gasteiger partial charge in [0.25, 0.3) is 0 Å². The predicted molar refractivity (Wildman–Crippen MR) is 61.8 cm³/mol. The average Bonchev–Trinajstić information content (AvgIpc) is 2.17. The number of rotatable bonds is 4. The lowest BCUT2D eigenvalue weighted by molar-refractivity contribution is 1.52. The molecule has 0 atom stereocenters. The standard InChI is InChI=1S/C11H13NS/c1-3-5-10-6-8-11(9-7-10)12-13-4-2/h5-9,12H,1,4H2,2H3. The second-order valence-electron chi connectivity index (χ2n) is 2.51. The van der Waals surface area contributed by atoms with Gasteiger partial charge in [-0.1, -0.05) is 37.6 Å². The summed E-state index contributed by atoms with van der Waals surface area (Å²) in [5.74, 6) is 1.06. The Morgan fingerprint density at radius 1 is 1.46 bits per heavy atom. The summed E-state index contributed by atoms with van der Waals surface area (Å²) in [4.78, 5) is 0. The van der Waals surface area contributed by atoms with Gasteiger partial charge in [0.2, 0.25) is 0 Å². The first-order chi connectivity index (χ1) is 6.36. The van der Waals surface area contributed by atoms with E-state index in [2.05, 4.69) is 24.0 Å². The summed E-state index contributed by atoms with van der Waals surface area (Å²) in [6.07, 6.45) is 1.86. The molecule has 0 fully saturated rings. The van der Waals surface area contributed by atoms with Gasteiger partial charge in [-0.25, -0.2) is 0 Å². The van der Waals surface area contributed by atoms with E-state index in [4.69, 9.17) is 0 Å². The highest BCUT2D eigenvalue weighted by molar-refractivity contribution is 8.00. The van der Waals surface area contributed by atoms with E-state index >= 15 is 0 Å². The van der Waals surface area contributed by atoms with Crippen LogP contribution in [-0.4, -0.2) is 5.75 Å². The topological polar surface area (TPSA) is 12.0 Å². The van der Waals surface area contributed by atoms with Crippen LogP contribution in [0.3, 0.4) is 0 Å². The molecule has 0 saturated carbocycles. The van der Waals surface area contributed by atoms with Crippen molar-refractivity contribution in [3.05, 3.63) is 42.1 Å². The second kappa shape index (κ2) is 5.52. The molecule has 68 valence electrons. The lowest BCUT2D eigenvalue weighted by Crippen LogP contribution is -1.86. The van der Waals surface area contributed by atoms with Crippen LogP contribution in [0.2, 0.25) is 0 Å². The van der Waals surface area contributed by atoms with Crippen LogP contribution in [0.15, 0.2) is 36.6 Å². The summed E-state index contributed by atoms with van der Waals surface area (Å²) >= 11 is 1.69. The largest absolute Gasteiger partial charge is 0.330 e. The van der Waals surface area contributed by atoms with Gasteiger partial charge in [-0.15, -0.1) is 5.73 Å². The Morgan fingerprint density at radius 3 is 2.69 bits per heavy atom. The van der Waals surface area contributed by atoms with Crippen molar-refractivity contribution in [1.29, 1.82) is 0 Å². The summed E-state index contributed by atoms with van der Waals surface area (Å²) in [5, 5.41) is 0. The number of hydrogen-bond donors (Lipinski definition) is 1. The molecule has 1 nitrogen and oxygen atoms in total. The first-order valence-electron chi connectivity index (χ1n) is 4.20. The molecule has 1 aromatic rings. The second-order valence-corrected chi connectivity index (χ2v) is 3.58. The minimum absolute atomic E-state index is 1.06. The number of benzene rings is 1. The smallest absolute Gasteiger partial charge is 0.0440 e. The summed E-state index contributed by atoms with van der Waals surface area (Å²) in [6, 6.07) is 8.17. The summed E-state index contributed by atoms with van der Waals surface area (Å²) in [5.41, 5.74) is 5.01. The van der Waals surface area contributed by atoms with Gasteiger partial charge in [0.15, 0.2) is 0 Å². The lowest BCUT2D eigenvalue weighted by Gasteiger charge is -2.02. The number of anilines is 1. The Hall–Kier alpha value is -1.11. The van der Waals surface area contributed by atoms with Gasteiger partial charge in [-0.05, 0) is 23.8 Å². The molecule has 1 aromatic carbocycles. The van der Waals surface area contributed by atoms with E-state index in [1.807, 2.05) is 30.3 Å². The third-order valence-electron chi connectivity index (χ3n) is 1.51. The zero-order chi connectivity index (χ0) is 9.52. The third-order valence-corrected chi connectivity index (χ3v) is 2.18. The Balaban J connectivity index is 2.63. The van der Waals surface area contributed by atoms with E-state index in [0.29, 0.717) is 0 Å². The first kappa shape index (κ1) is 9.97. The lowest BCUT2D eigenvalue weighted by atomic mass is 10.2. The molecule has 0 aliphatic rings. The quantitative estimate of drug-likeness (QED) is 0.577. The van der Waals surface area contributed by atoms with Crippen LogP contribution in [0.4, 0.5) is 5.69 Å². The predicted octanol–water partition coefficient (Wildman–Crippen LogP) is 3.56. The van der Waals surface area contributed by atoms with Crippen molar-refractivity contribution in [2.24, 2.45) is 0 Å². The van der Waals surface area contributed by atoms with E-state index in [9.17, 15) is 0 Å². The van der Waals surface area contributed by atoms with Crippen molar-refractivity contribution in [3.8, 4) is 0 Å². The zero-order valence-electron chi connectivity index (χ0n) is 7.71. The molecule has 0 aliphatic heterocycles. The number of hydrogen-bond acceptors (Lipinski definition) is 2. The van der Waals surface area contributed by atoms with Crippen molar-refractivity contribution in [2.75, 3.05) is 10.5 Å². The van der Waals surface area contributed by atoms with Crippen molar-refractivity contribution < 1.29 is 0 Å². The molecule has 0 bridgehead atoms. The molecule has 13 heavy (non-hydrogen) atoms. The fourth-order valence-corrected chi connectivity index (χ4v) is 1.37. The van der Waals surface area contributed by atoms with E-state index in [1.54, 1.807) is 11.9 Å². The first-order valence-corrected chi connectivity index (χ1v) is 5.19. The molecule has 0 saturated heterocycles. The highest BCUT2D eigenvalue weighted by atomic mass is 32.2. The highest BCUT2D eigenvalue weighted by Crippen LogP contribution is 2.14. The summed E-state index contributed by atoms with van der Waals surface area (Å²) < 4.78 is 3.23. The van der Waals surface area contributed by atoms with Gasteiger partial charge in [-0.3, -0.25) is 0 Å². The Bertz CT molecular complexity index is 296. The Labute approximate surface area is 83.7 Å². The van der Waals surface area contributed by atoms with Crippen LogP contribution in [-0.2, 0) is 0 Å². The van der Waals surface area contributed by atoms with E-state index in [1.165, 1.54) is 0 Å². The average molecular weight is 191 g/mol. The maximum absolute atomic E-state index is 3.53. The van der Waals surface area contributed by atoms with Crippen LogP contribution < -0.4 is 4.72 Å². The van der Waals surface area contributed by atoms with E-state index < -0.39 is 0 Å². The molecule has 1 N–H and O–H groups in total. The molecule has 1 rings (SSSR count). The van der Waals surface area contributed by atoms with Crippen LogP contribution in [0.5, 0.6) is 0 Å². The Morgan fingerprint density at radius 2 is 2.15 bits per heavy atom. The third kappa shape index (κ3) is 3.41. The molecule has 0 spiro atoms. The Kier molecular flexibility index (Phi) is 4.24. The van der Waals surface area contributed by atoms with Crippen molar-refractivity contribution >= 4 is 23.7 Å². The maximum Gasteiger partial charge on any atom is 0.0440 e. The minimum atomic E-state index is 1.06. The van der Waals surface area contributed by atoms with Crippen LogP contribution in [0.1, 0.15) is 12.5 Å². The molecule has 2 heteroatoms. The summed E-state index contributed by atoms with van der Waals surface area (Å²) in [7, 11) is 0. The number of nitrogens with one attached hydrogen (secondary N) is 1. The fraction of sp³-hybridized carbons (Fsp3) is 0.182. The fourth-order valence-electron chi connectivity index (χ4n) is 0.921. The molecule has 0 unspecified atom stereocenters. The molecular formula is C11H13NS. The van der Waals surface area contributed by atoms with Gasteiger partial charge >= 0.3 is 0 Å². The molecule has 0 heterocycles. The zero-order valence-corrected chi connectivity index (χ0v) is 8.53. The summed E-state index contributed by atoms with van der Waals surface area (Å²) in [6.45, 7) is 5.65. The van der Waals surface area contributed by atoms with Gasteiger partial charge in [0, 0.05) is 11.4 Å². The van der Waals surface area contributed by atoms with Gasteiger partial charge in [0.05, 0.1) is 0 Å². The molecule has 0 aliphatic carbocycles. The molecule has 0 radical (unpaired) electrons. The molecular weight excluding hydrogens is 178 g/mol. The van der Waals surface area contributed by atoms with E-state index in [0.717, 1.165) is 17.0 Å². The van der Waals surface area contributed by atoms with Crippen molar-refractivity contribution in [2.45, 2.75) is 6.92 Å². The molecule has 0 aromatic heterocycles. The molecule has 0 amide bonds. The van der Waals surface area contributed by atoms with Gasteiger partial charge in [0.1, 0.15) is 0 Å². The van der Waals surface area contributed by atoms with Crippen LogP contribution in [0.25, 0.3) is 6.08 Å². The normalized spacial score (nSPS) is 9.00. The SMILES string of the molecule is C=C=Cc1ccc(NSCC)cc1. The van der Waals surface area contributed by atoms with Gasteiger partial charge < -0.3 is 4.72 Å². The minimum Gasteiger partial charge on any atom is -0.330 e.